The number of hydrogen-bond acceptors (Lipinski definition) is 2. The molecule has 0 radical (unpaired) electrons. The quantitative estimate of drug-likeness (QED) is 0.929. The zero-order chi connectivity index (χ0) is 14.1. The molecule has 4 nitrogen and oxygen atoms in total. The fourth-order valence-corrected chi connectivity index (χ4v) is 2.72. The van der Waals surface area contributed by atoms with E-state index in [1.165, 1.54) is 0 Å². The summed E-state index contributed by atoms with van der Waals surface area (Å²) in [6.45, 7) is 1.75. The van der Waals surface area contributed by atoms with Crippen molar-refractivity contribution < 1.29 is 9.90 Å². The molecule has 1 fully saturated rings. The van der Waals surface area contributed by atoms with E-state index in [9.17, 15) is 9.90 Å². The van der Waals surface area contributed by atoms with E-state index >= 15 is 0 Å². The lowest BCUT2D eigenvalue weighted by Crippen LogP contribution is -2.32. The highest BCUT2D eigenvalue weighted by molar-refractivity contribution is 5.86. The van der Waals surface area contributed by atoms with Crippen LogP contribution in [0.3, 0.4) is 0 Å². The zero-order valence-corrected chi connectivity index (χ0v) is 11.5. The maximum atomic E-state index is 11.9. The first-order valence-electron chi connectivity index (χ1n) is 6.82. The molecule has 1 aliphatic heterocycles. The van der Waals surface area contributed by atoms with Crippen molar-refractivity contribution in [3.05, 3.63) is 48.0 Å². The summed E-state index contributed by atoms with van der Waals surface area (Å²) in [5.74, 6) is 0. The van der Waals surface area contributed by atoms with Crippen molar-refractivity contribution in [3.8, 4) is 0 Å². The number of benzene rings is 2. The number of hydrogen-bond donors (Lipinski definition) is 1. The normalized spacial score (nSPS) is 17.0. The molecule has 2 aromatic carbocycles. The van der Waals surface area contributed by atoms with Gasteiger partial charge in [0.05, 0.1) is 12.6 Å². The largest absolute Gasteiger partial charge is 0.387 e. The average molecular weight is 270 g/mol. The minimum absolute atomic E-state index is 0.00992. The molecule has 0 spiro atoms. The molecule has 1 saturated heterocycles. The lowest BCUT2D eigenvalue weighted by atomic mass is 10.0. The van der Waals surface area contributed by atoms with Crippen LogP contribution in [0.2, 0.25) is 0 Å². The highest BCUT2D eigenvalue weighted by atomic mass is 16.3. The second kappa shape index (κ2) is 5.13. The third-order valence-electron chi connectivity index (χ3n) is 3.88. The molecular weight excluding hydrogens is 252 g/mol. The van der Waals surface area contributed by atoms with Crippen molar-refractivity contribution in [1.29, 1.82) is 0 Å². The number of amides is 2. The van der Waals surface area contributed by atoms with Gasteiger partial charge >= 0.3 is 6.03 Å². The van der Waals surface area contributed by atoms with Crippen molar-refractivity contribution in [1.82, 2.24) is 9.80 Å². The van der Waals surface area contributed by atoms with Gasteiger partial charge in [-0.2, -0.15) is 0 Å². The summed E-state index contributed by atoms with van der Waals surface area (Å²) in [6.07, 6.45) is -0.656. The molecule has 0 aromatic heterocycles. The maximum Gasteiger partial charge on any atom is 0.319 e. The predicted molar refractivity (Wildman–Crippen MR) is 78.5 cm³/mol. The number of fused-ring (bicyclic) bond motifs is 1. The third-order valence-corrected chi connectivity index (χ3v) is 3.88. The Morgan fingerprint density at radius 1 is 1.15 bits per heavy atom. The second-order valence-electron chi connectivity index (χ2n) is 5.23. The van der Waals surface area contributed by atoms with E-state index in [1.54, 1.807) is 16.8 Å². The molecule has 1 atom stereocenters. The van der Waals surface area contributed by atoms with Crippen LogP contribution in [0.15, 0.2) is 42.5 Å². The Morgan fingerprint density at radius 2 is 1.90 bits per heavy atom. The first-order valence-corrected chi connectivity index (χ1v) is 6.82. The Balaban J connectivity index is 1.86. The number of urea groups is 1. The Bertz CT molecular complexity index is 636. The van der Waals surface area contributed by atoms with E-state index < -0.39 is 6.10 Å². The zero-order valence-electron chi connectivity index (χ0n) is 11.5. The lowest BCUT2D eigenvalue weighted by Gasteiger charge is -2.21. The summed E-state index contributed by atoms with van der Waals surface area (Å²) >= 11 is 0. The Morgan fingerprint density at radius 3 is 2.65 bits per heavy atom. The number of carbonyl (C=O) groups is 1. The van der Waals surface area contributed by atoms with Crippen LogP contribution in [0, 0.1) is 0 Å². The van der Waals surface area contributed by atoms with Gasteiger partial charge in [-0.3, -0.25) is 0 Å². The van der Waals surface area contributed by atoms with Crippen LogP contribution < -0.4 is 0 Å². The standard InChI is InChI=1S/C16H18N2O2/c1-17-9-10-18(16(17)20)11-15(19)14-8-4-6-12-5-2-3-7-13(12)14/h2-8,15,19H,9-11H2,1H3. The molecule has 0 aliphatic carbocycles. The van der Waals surface area contributed by atoms with E-state index in [4.69, 9.17) is 0 Å². The van der Waals surface area contributed by atoms with Crippen LogP contribution in [0.1, 0.15) is 11.7 Å². The van der Waals surface area contributed by atoms with E-state index in [0.717, 1.165) is 22.9 Å². The number of nitrogens with zero attached hydrogens (tertiary/aromatic N) is 2. The van der Waals surface area contributed by atoms with Gasteiger partial charge in [-0.05, 0) is 16.3 Å². The maximum absolute atomic E-state index is 11.9. The van der Waals surface area contributed by atoms with Gasteiger partial charge in [0.2, 0.25) is 0 Å². The van der Waals surface area contributed by atoms with E-state index in [2.05, 4.69) is 0 Å². The van der Waals surface area contributed by atoms with Gasteiger partial charge in [-0.15, -0.1) is 0 Å². The number of β-amino-alcohol motifs (C(OH)–C–C–N with tert-alkyl or cyclic N) is 1. The number of rotatable bonds is 3. The molecule has 1 N–H and O–H groups in total. The monoisotopic (exact) mass is 270 g/mol. The number of carbonyl (C=O) groups excluding carboxylic acids is 1. The van der Waals surface area contributed by atoms with Crippen molar-refractivity contribution >= 4 is 16.8 Å². The highest BCUT2D eigenvalue weighted by Crippen LogP contribution is 2.25. The van der Waals surface area contributed by atoms with Crippen LogP contribution >= 0.6 is 0 Å². The Hall–Kier alpha value is -2.07. The van der Waals surface area contributed by atoms with Gasteiger partial charge in [-0.25, -0.2) is 4.79 Å². The molecule has 104 valence electrons. The first kappa shape index (κ1) is 12.9. The van der Waals surface area contributed by atoms with Crippen molar-refractivity contribution in [2.75, 3.05) is 26.7 Å². The van der Waals surface area contributed by atoms with Gasteiger partial charge < -0.3 is 14.9 Å². The summed E-state index contributed by atoms with van der Waals surface area (Å²) in [5, 5.41) is 12.6. The second-order valence-corrected chi connectivity index (χ2v) is 5.23. The highest BCUT2D eigenvalue weighted by Gasteiger charge is 2.27. The summed E-state index contributed by atoms with van der Waals surface area (Å²) in [4.78, 5) is 15.3. The van der Waals surface area contributed by atoms with Crippen LogP contribution in [0.25, 0.3) is 10.8 Å². The summed E-state index contributed by atoms with van der Waals surface area (Å²) in [6, 6.07) is 13.9. The van der Waals surface area contributed by atoms with Gasteiger partial charge in [0.15, 0.2) is 0 Å². The Kier molecular flexibility index (Phi) is 3.32. The molecule has 2 aromatic rings. The smallest absolute Gasteiger partial charge is 0.319 e. The minimum atomic E-state index is -0.656. The van der Waals surface area contributed by atoms with E-state index in [-0.39, 0.29) is 6.03 Å². The van der Waals surface area contributed by atoms with Gasteiger partial charge in [0, 0.05) is 20.1 Å². The molecular formula is C16H18N2O2. The Labute approximate surface area is 118 Å². The number of aliphatic hydroxyl groups excluding tert-OH is 1. The van der Waals surface area contributed by atoms with E-state index in [1.807, 2.05) is 42.5 Å². The van der Waals surface area contributed by atoms with Crippen LogP contribution in [0.4, 0.5) is 4.79 Å². The lowest BCUT2D eigenvalue weighted by molar-refractivity contribution is 0.130. The summed E-state index contributed by atoms with van der Waals surface area (Å²) in [7, 11) is 1.78. The van der Waals surface area contributed by atoms with Gasteiger partial charge in [-0.1, -0.05) is 42.5 Å². The molecule has 1 unspecified atom stereocenters. The van der Waals surface area contributed by atoms with Crippen molar-refractivity contribution in [3.63, 3.8) is 0 Å². The SMILES string of the molecule is CN1CCN(CC(O)c2cccc3ccccc23)C1=O. The summed E-state index contributed by atoms with van der Waals surface area (Å²) in [5.41, 5.74) is 0.880. The van der Waals surface area contributed by atoms with Crippen LogP contribution in [0.5, 0.6) is 0 Å². The topological polar surface area (TPSA) is 43.8 Å². The molecule has 2 amide bonds. The fraction of sp³-hybridized carbons (Fsp3) is 0.312. The molecule has 20 heavy (non-hydrogen) atoms. The summed E-state index contributed by atoms with van der Waals surface area (Å²) < 4.78 is 0. The average Bonchev–Trinajstić information content (AvgIpc) is 2.78. The molecule has 1 heterocycles. The predicted octanol–water partition coefficient (Wildman–Crippen LogP) is 2.24. The molecule has 1 aliphatic rings. The third kappa shape index (κ3) is 2.23. The molecule has 0 saturated carbocycles. The van der Waals surface area contributed by atoms with Crippen molar-refractivity contribution in [2.45, 2.75) is 6.10 Å². The first-order chi connectivity index (χ1) is 9.66. The molecule has 3 rings (SSSR count). The van der Waals surface area contributed by atoms with Crippen LogP contribution in [-0.4, -0.2) is 47.6 Å². The van der Waals surface area contributed by atoms with Crippen LogP contribution in [-0.2, 0) is 0 Å². The molecule has 0 bridgehead atoms. The number of aliphatic hydroxyl groups is 1. The van der Waals surface area contributed by atoms with Gasteiger partial charge in [0.1, 0.15) is 0 Å². The van der Waals surface area contributed by atoms with Gasteiger partial charge in [0.25, 0.3) is 0 Å². The number of likely N-dealkylation sites (N-methyl/N-ethyl adjacent to an activating group) is 1. The van der Waals surface area contributed by atoms with Crippen molar-refractivity contribution in [2.24, 2.45) is 0 Å². The van der Waals surface area contributed by atoms with E-state index in [0.29, 0.717) is 13.1 Å². The minimum Gasteiger partial charge on any atom is -0.387 e. The fourth-order valence-electron chi connectivity index (χ4n) is 2.72. The molecule has 4 heteroatoms.